The van der Waals surface area contributed by atoms with E-state index in [2.05, 4.69) is 5.16 Å². The summed E-state index contributed by atoms with van der Waals surface area (Å²) in [6, 6.07) is 20.2. The molecule has 3 aromatic rings. The molecule has 3 rings (SSSR count). The second kappa shape index (κ2) is 10.7. The molecule has 0 aliphatic heterocycles. The lowest BCUT2D eigenvalue weighted by Gasteiger charge is -2.15. The number of oxime groups is 1. The minimum atomic E-state index is -1.81. The van der Waals surface area contributed by atoms with Gasteiger partial charge >= 0.3 is 0 Å². The Bertz CT molecular complexity index is 1020. The van der Waals surface area contributed by atoms with Crippen molar-refractivity contribution in [2.24, 2.45) is 5.16 Å². The number of para-hydroxylation sites is 1. The third-order valence-corrected chi connectivity index (χ3v) is 4.60. The fourth-order valence-corrected chi connectivity index (χ4v) is 3.08. The first-order chi connectivity index (χ1) is 14.9. The zero-order chi connectivity index (χ0) is 22.3. The molecule has 0 aliphatic rings. The maximum absolute atomic E-state index is 14.1. The van der Waals surface area contributed by atoms with E-state index in [1.54, 1.807) is 54.6 Å². The lowest BCUT2D eigenvalue weighted by molar-refractivity contribution is 0.130. The molecule has 0 aromatic heterocycles. The topological polar surface area (TPSA) is 40.0 Å². The van der Waals surface area contributed by atoms with Crippen molar-refractivity contribution in [3.8, 4) is 17.2 Å². The van der Waals surface area contributed by atoms with Gasteiger partial charge < -0.3 is 14.3 Å². The number of rotatable bonds is 8. The molecule has 0 amide bonds. The summed E-state index contributed by atoms with van der Waals surface area (Å²) >= 11 is 18.2. The molecule has 0 spiro atoms. The van der Waals surface area contributed by atoms with Crippen LogP contribution in [-0.2, 0) is 11.4 Å². The predicted molar refractivity (Wildman–Crippen MR) is 122 cm³/mol. The van der Waals surface area contributed by atoms with Gasteiger partial charge in [0.1, 0.15) is 23.8 Å². The normalized spacial score (nSPS) is 11.8. The molecule has 3 aromatic carbocycles. The van der Waals surface area contributed by atoms with Crippen LogP contribution in [-0.4, -0.2) is 16.1 Å². The average Bonchev–Trinajstić information content (AvgIpc) is 2.74. The highest BCUT2D eigenvalue weighted by Crippen LogP contribution is 2.32. The predicted octanol–water partition coefficient (Wildman–Crippen LogP) is 7.31. The first-order valence-corrected chi connectivity index (χ1v) is 10.5. The van der Waals surface area contributed by atoms with Crippen LogP contribution in [0.15, 0.2) is 78.0 Å². The van der Waals surface area contributed by atoms with Crippen LogP contribution in [0, 0.1) is 5.82 Å². The Kier molecular flexibility index (Phi) is 8.02. The van der Waals surface area contributed by atoms with E-state index in [9.17, 15) is 4.39 Å². The Morgan fingerprint density at radius 3 is 2.29 bits per heavy atom. The van der Waals surface area contributed by atoms with Gasteiger partial charge in [-0.1, -0.05) is 64.2 Å². The van der Waals surface area contributed by atoms with Crippen molar-refractivity contribution in [1.29, 1.82) is 0 Å². The van der Waals surface area contributed by atoms with Crippen molar-refractivity contribution in [2.75, 3.05) is 6.61 Å². The molecular weight excluding hydrogens is 464 g/mol. The van der Waals surface area contributed by atoms with Crippen LogP contribution in [0.2, 0.25) is 0 Å². The first-order valence-electron chi connectivity index (χ1n) is 9.38. The number of hydrogen-bond acceptors (Lipinski definition) is 4. The monoisotopic (exact) mass is 481 g/mol. The molecule has 0 N–H and O–H groups in total. The molecule has 0 atom stereocenters. The second-order valence-electron chi connectivity index (χ2n) is 6.35. The molecule has 0 radical (unpaired) electrons. The van der Waals surface area contributed by atoms with Gasteiger partial charge in [-0.3, -0.25) is 0 Å². The number of ether oxygens (including phenoxy) is 2. The van der Waals surface area contributed by atoms with Gasteiger partial charge in [0.15, 0.2) is 11.6 Å². The molecule has 8 heteroatoms. The van der Waals surface area contributed by atoms with E-state index >= 15 is 0 Å². The number of alkyl halides is 3. The first kappa shape index (κ1) is 23.2. The van der Waals surface area contributed by atoms with Gasteiger partial charge in [-0.15, -0.1) is 0 Å². The van der Waals surface area contributed by atoms with Gasteiger partial charge in [-0.05, 0) is 61.0 Å². The van der Waals surface area contributed by atoms with Crippen molar-refractivity contribution in [3.63, 3.8) is 0 Å². The minimum absolute atomic E-state index is 0.0205. The Labute approximate surface area is 195 Å². The summed E-state index contributed by atoms with van der Waals surface area (Å²) in [5.41, 5.74) is 1.31. The Balaban J connectivity index is 1.74. The molecule has 0 aliphatic carbocycles. The number of hydrogen-bond donors (Lipinski definition) is 0. The Morgan fingerprint density at radius 2 is 1.65 bits per heavy atom. The number of benzene rings is 3. The summed E-state index contributed by atoms with van der Waals surface area (Å²) in [7, 11) is 0. The molecule has 0 saturated carbocycles. The van der Waals surface area contributed by atoms with Gasteiger partial charge in [0.05, 0.1) is 6.61 Å². The summed E-state index contributed by atoms with van der Waals surface area (Å²) < 4.78 is 23.3. The van der Waals surface area contributed by atoms with Gasteiger partial charge in [-0.25, -0.2) is 4.39 Å². The molecule has 0 saturated heterocycles. The Hall–Kier alpha value is -2.47. The van der Waals surface area contributed by atoms with E-state index in [0.29, 0.717) is 29.2 Å². The van der Waals surface area contributed by atoms with Crippen LogP contribution < -0.4 is 9.47 Å². The zero-order valence-electron chi connectivity index (χ0n) is 16.5. The van der Waals surface area contributed by atoms with Crippen LogP contribution in [0.5, 0.6) is 17.2 Å². The van der Waals surface area contributed by atoms with Crippen molar-refractivity contribution in [3.05, 3.63) is 89.7 Å². The molecule has 162 valence electrons. The van der Waals surface area contributed by atoms with Crippen LogP contribution in [0.1, 0.15) is 18.1 Å². The summed E-state index contributed by atoms with van der Waals surface area (Å²) in [6.45, 7) is 2.45. The van der Waals surface area contributed by atoms with Gasteiger partial charge in [0, 0.05) is 5.56 Å². The highest BCUT2D eigenvalue weighted by molar-refractivity contribution is 6.77. The van der Waals surface area contributed by atoms with Crippen LogP contribution in [0.25, 0.3) is 0 Å². The molecular formula is C23H19Cl3FNO3. The lowest BCUT2D eigenvalue weighted by Crippen LogP contribution is -2.21. The summed E-state index contributed by atoms with van der Waals surface area (Å²) in [4.78, 5) is 5.41. The Morgan fingerprint density at radius 1 is 0.935 bits per heavy atom. The third kappa shape index (κ3) is 6.76. The van der Waals surface area contributed by atoms with E-state index in [0.717, 1.165) is 0 Å². The van der Waals surface area contributed by atoms with E-state index in [-0.39, 0.29) is 18.1 Å². The van der Waals surface area contributed by atoms with Crippen LogP contribution in [0.4, 0.5) is 4.39 Å². The largest absolute Gasteiger partial charge is 0.494 e. The van der Waals surface area contributed by atoms with Crippen molar-refractivity contribution in [2.45, 2.75) is 17.3 Å². The molecule has 31 heavy (non-hydrogen) atoms. The van der Waals surface area contributed by atoms with Gasteiger partial charge in [-0.2, -0.15) is 0 Å². The molecule has 4 nitrogen and oxygen atoms in total. The van der Waals surface area contributed by atoms with E-state index in [1.807, 2.05) is 13.0 Å². The standard InChI is InChI=1S/C23H19Cl3FNO3/c1-2-29-18-11-9-17(10-12-18)22(23(24,25)26)28-30-15-16-8-13-20(27)21(14-16)31-19-6-4-3-5-7-19/h3-14H,2,15H2,1H3. The summed E-state index contributed by atoms with van der Waals surface area (Å²) in [5.74, 6) is 0.788. The SMILES string of the molecule is CCOc1ccc(C(=NOCc2ccc(F)c(Oc3ccccc3)c2)C(Cl)(Cl)Cl)cc1. The van der Waals surface area contributed by atoms with Crippen molar-refractivity contribution < 1.29 is 18.7 Å². The zero-order valence-corrected chi connectivity index (χ0v) is 18.8. The minimum Gasteiger partial charge on any atom is -0.494 e. The number of halogens is 4. The molecule has 0 fully saturated rings. The van der Waals surface area contributed by atoms with E-state index in [1.165, 1.54) is 12.1 Å². The lowest BCUT2D eigenvalue weighted by atomic mass is 10.1. The van der Waals surface area contributed by atoms with Gasteiger partial charge in [0.25, 0.3) is 0 Å². The van der Waals surface area contributed by atoms with E-state index in [4.69, 9.17) is 49.1 Å². The molecule has 0 heterocycles. The fourth-order valence-electron chi connectivity index (χ4n) is 2.65. The smallest absolute Gasteiger partial charge is 0.236 e. The maximum Gasteiger partial charge on any atom is 0.236 e. The van der Waals surface area contributed by atoms with Crippen LogP contribution in [0.3, 0.4) is 0 Å². The summed E-state index contributed by atoms with van der Waals surface area (Å²) in [6.07, 6.45) is 0. The number of nitrogens with zero attached hydrogens (tertiary/aromatic N) is 1. The summed E-state index contributed by atoms with van der Waals surface area (Å²) in [5, 5.41) is 4.02. The van der Waals surface area contributed by atoms with Crippen LogP contribution >= 0.6 is 34.8 Å². The van der Waals surface area contributed by atoms with E-state index < -0.39 is 9.61 Å². The third-order valence-electron chi connectivity index (χ3n) is 4.06. The average molecular weight is 483 g/mol. The second-order valence-corrected chi connectivity index (χ2v) is 8.63. The maximum atomic E-state index is 14.1. The van der Waals surface area contributed by atoms with Crippen molar-refractivity contribution in [1.82, 2.24) is 0 Å². The quantitative estimate of drug-likeness (QED) is 0.192. The molecule has 0 unspecified atom stereocenters. The van der Waals surface area contributed by atoms with Crippen molar-refractivity contribution >= 4 is 40.5 Å². The molecule has 0 bridgehead atoms. The van der Waals surface area contributed by atoms with Gasteiger partial charge in [0.2, 0.25) is 3.79 Å². The fraction of sp³-hybridized carbons (Fsp3) is 0.174. The highest BCUT2D eigenvalue weighted by atomic mass is 35.6. The highest BCUT2D eigenvalue weighted by Gasteiger charge is 2.30.